The van der Waals surface area contributed by atoms with Gasteiger partial charge in [-0.2, -0.15) is 13.3 Å². The summed E-state index contributed by atoms with van der Waals surface area (Å²) in [6.07, 6.45) is 1.76. The molecule has 2 rings (SSSR count). The van der Waals surface area contributed by atoms with Crippen LogP contribution in [-0.4, -0.2) is 27.6 Å². The van der Waals surface area contributed by atoms with E-state index in [1.807, 2.05) is 60.7 Å². The zero-order chi connectivity index (χ0) is 20.0. The van der Waals surface area contributed by atoms with Crippen LogP contribution in [0.25, 0.3) is 0 Å². The van der Waals surface area contributed by atoms with Crippen LogP contribution in [0.15, 0.2) is 60.7 Å². The Hall–Kier alpha value is -1.93. The molecule has 1 atom stereocenters. The van der Waals surface area contributed by atoms with E-state index >= 15 is 0 Å². The average Bonchev–Trinajstić information content (AvgIpc) is 2.68. The highest BCUT2D eigenvalue weighted by molar-refractivity contribution is 7.85. The second-order valence-corrected chi connectivity index (χ2v) is 7.21. The molecule has 0 saturated heterocycles. The first kappa shape index (κ1) is 23.1. The molecule has 27 heavy (non-hydrogen) atoms. The Morgan fingerprint density at radius 2 is 1.52 bits per heavy atom. The Balaban J connectivity index is 0.000000309. The maximum Gasteiger partial charge on any atom is 0.290 e. The molecule has 0 amide bonds. The topological polar surface area (TPSA) is 71.1 Å². The summed E-state index contributed by atoms with van der Waals surface area (Å²) >= 11 is 0. The van der Waals surface area contributed by atoms with Crippen molar-refractivity contribution in [3.8, 4) is 5.75 Å². The molecule has 7 heteroatoms. The van der Waals surface area contributed by atoms with Gasteiger partial charge in [-0.05, 0) is 30.5 Å². The molecule has 0 aliphatic heterocycles. The number of rotatable bonds is 10. The van der Waals surface area contributed by atoms with E-state index in [0.29, 0.717) is 13.0 Å². The minimum atomic E-state index is -3.61. The van der Waals surface area contributed by atoms with Gasteiger partial charge in [-0.15, -0.1) is 4.33 Å². The van der Waals surface area contributed by atoms with Crippen LogP contribution in [-0.2, 0) is 30.7 Å². The van der Waals surface area contributed by atoms with E-state index < -0.39 is 16.4 Å². The molecule has 2 aromatic rings. The van der Waals surface area contributed by atoms with Crippen molar-refractivity contribution >= 4 is 10.1 Å². The Labute approximate surface area is 162 Å². The van der Waals surface area contributed by atoms with Crippen molar-refractivity contribution < 1.29 is 27.1 Å². The maximum atomic E-state index is 10.7. The van der Waals surface area contributed by atoms with E-state index in [0.717, 1.165) is 30.6 Å². The van der Waals surface area contributed by atoms with Crippen LogP contribution in [0.2, 0.25) is 0 Å². The highest BCUT2D eigenvalue weighted by Gasteiger charge is 2.12. The summed E-state index contributed by atoms with van der Waals surface area (Å²) in [5.74, 6) is 0.962. The summed E-state index contributed by atoms with van der Waals surface area (Å²) in [4.78, 5) is 4.67. The Morgan fingerprint density at radius 3 is 2.04 bits per heavy atom. The Kier molecular flexibility index (Phi) is 11.4. The van der Waals surface area contributed by atoms with Crippen LogP contribution >= 0.6 is 0 Å². The van der Waals surface area contributed by atoms with E-state index in [-0.39, 0.29) is 0 Å². The third-order valence-electron chi connectivity index (χ3n) is 3.10. The monoisotopic (exact) mass is 396 g/mol. The van der Waals surface area contributed by atoms with E-state index in [9.17, 15) is 8.42 Å². The lowest BCUT2D eigenvalue weighted by Gasteiger charge is -2.14. The van der Waals surface area contributed by atoms with Crippen molar-refractivity contribution in [2.24, 2.45) is 0 Å². The van der Waals surface area contributed by atoms with Crippen molar-refractivity contribution in [3.63, 3.8) is 0 Å². The summed E-state index contributed by atoms with van der Waals surface area (Å²) in [6, 6.07) is 19.4. The average molecular weight is 397 g/mol. The fourth-order valence-corrected chi connectivity index (χ4v) is 2.06. The lowest BCUT2D eigenvalue weighted by Crippen LogP contribution is -2.18. The van der Waals surface area contributed by atoms with E-state index in [2.05, 4.69) is 16.1 Å². The van der Waals surface area contributed by atoms with Crippen LogP contribution in [0.4, 0.5) is 0 Å². The van der Waals surface area contributed by atoms with Gasteiger partial charge in [0.1, 0.15) is 5.75 Å². The van der Waals surface area contributed by atoms with Crippen molar-refractivity contribution in [2.75, 3.05) is 12.9 Å². The van der Waals surface area contributed by atoms with Gasteiger partial charge in [0.15, 0.2) is 6.29 Å². The standard InChI is InChI=1S/C11H16O5S.C9H12O/c1-3-11(15-16-17(2,12)13)14-9-10-7-5-4-6-8-10;1-2-8-10-9-6-4-3-5-7-9/h4-8,11H,3,9H2,1-2H3;3-7H,2,8H2,1H3. The lowest BCUT2D eigenvalue weighted by molar-refractivity contribution is -0.319. The van der Waals surface area contributed by atoms with Crippen molar-refractivity contribution in [2.45, 2.75) is 39.6 Å². The predicted molar refractivity (Wildman–Crippen MR) is 105 cm³/mol. The quantitative estimate of drug-likeness (QED) is 0.338. The minimum Gasteiger partial charge on any atom is -0.494 e. The third-order valence-corrected chi connectivity index (χ3v) is 3.42. The predicted octanol–water partition coefficient (Wildman–Crippen LogP) is 4.32. The van der Waals surface area contributed by atoms with Gasteiger partial charge in [0.25, 0.3) is 10.1 Å². The first-order valence-electron chi connectivity index (χ1n) is 8.83. The van der Waals surface area contributed by atoms with Crippen molar-refractivity contribution in [3.05, 3.63) is 66.2 Å². The summed E-state index contributed by atoms with van der Waals surface area (Å²) in [7, 11) is -3.61. The molecule has 0 bridgehead atoms. The molecular weight excluding hydrogens is 368 g/mol. The molecule has 1 unspecified atom stereocenters. The van der Waals surface area contributed by atoms with E-state index in [1.54, 1.807) is 6.92 Å². The molecule has 0 N–H and O–H groups in total. The molecule has 0 saturated carbocycles. The second kappa shape index (κ2) is 13.3. The molecule has 0 heterocycles. The first-order valence-corrected chi connectivity index (χ1v) is 10.6. The summed E-state index contributed by atoms with van der Waals surface area (Å²) in [5, 5.41) is 0. The fourth-order valence-electron chi connectivity index (χ4n) is 1.83. The third kappa shape index (κ3) is 12.1. The molecule has 2 aromatic carbocycles. The number of ether oxygens (including phenoxy) is 2. The van der Waals surface area contributed by atoms with Crippen LogP contribution in [0.1, 0.15) is 32.3 Å². The molecule has 0 aliphatic rings. The highest BCUT2D eigenvalue weighted by atomic mass is 32.2. The van der Waals surface area contributed by atoms with Crippen LogP contribution in [0.3, 0.4) is 0 Å². The van der Waals surface area contributed by atoms with Gasteiger partial charge in [-0.3, -0.25) is 0 Å². The smallest absolute Gasteiger partial charge is 0.290 e. The minimum absolute atomic E-state index is 0.340. The van der Waals surface area contributed by atoms with Crippen LogP contribution in [0, 0.1) is 0 Å². The number of hydrogen-bond donors (Lipinski definition) is 0. The highest BCUT2D eigenvalue weighted by Crippen LogP contribution is 2.09. The molecule has 0 radical (unpaired) electrons. The van der Waals surface area contributed by atoms with Crippen LogP contribution in [0.5, 0.6) is 5.75 Å². The van der Waals surface area contributed by atoms with Gasteiger partial charge in [0.2, 0.25) is 0 Å². The summed E-state index contributed by atoms with van der Waals surface area (Å²) in [5.41, 5.74) is 0.980. The Bertz CT molecular complexity index is 704. The van der Waals surface area contributed by atoms with Gasteiger partial charge < -0.3 is 9.47 Å². The zero-order valence-electron chi connectivity index (χ0n) is 16.0. The van der Waals surface area contributed by atoms with Crippen molar-refractivity contribution in [1.82, 2.24) is 0 Å². The van der Waals surface area contributed by atoms with Gasteiger partial charge >= 0.3 is 0 Å². The van der Waals surface area contributed by atoms with Gasteiger partial charge in [0.05, 0.1) is 19.5 Å². The van der Waals surface area contributed by atoms with Gasteiger partial charge in [-0.1, -0.05) is 62.4 Å². The second-order valence-electron chi connectivity index (χ2n) is 5.66. The molecule has 0 fully saturated rings. The lowest BCUT2D eigenvalue weighted by atomic mass is 10.2. The number of para-hydroxylation sites is 1. The van der Waals surface area contributed by atoms with Crippen molar-refractivity contribution in [1.29, 1.82) is 0 Å². The molecule has 0 spiro atoms. The first-order chi connectivity index (χ1) is 12.9. The molecule has 0 aliphatic carbocycles. The number of benzene rings is 2. The fraction of sp³-hybridized carbons (Fsp3) is 0.400. The molecule has 0 aromatic heterocycles. The molecular formula is C20H28O6S. The molecule has 150 valence electrons. The summed E-state index contributed by atoms with van der Waals surface area (Å²) in [6.45, 7) is 5.06. The molecule has 6 nitrogen and oxygen atoms in total. The normalized spacial score (nSPS) is 12.0. The Morgan fingerprint density at radius 1 is 0.926 bits per heavy atom. The van der Waals surface area contributed by atoms with Gasteiger partial charge in [0, 0.05) is 0 Å². The van der Waals surface area contributed by atoms with E-state index in [1.165, 1.54) is 0 Å². The largest absolute Gasteiger partial charge is 0.494 e. The zero-order valence-corrected chi connectivity index (χ0v) is 16.9. The maximum absolute atomic E-state index is 10.7. The van der Waals surface area contributed by atoms with Gasteiger partial charge in [-0.25, -0.2) is 0 Å². The van der Waals surface area contributed by atoms with Crippen LogP contribution < -0.4 is 4.74 Å². The summed E-state index contributed by atoms with van der Waals surface area (Å²) < 4.78 is 36.4. The van der Waals surface area contributed by atoms with E-state index in [4.69, 9.17) is 9.47 Å². The number of hydrogen-bond acceptors (Lipinski definition) is 6. The SMILES string of the molecule is CCC(OCc1ccccc1)OOS(C)(=O)=O.CCCOc1ccccc1.